The van der Waals surface area contributed by atoms with Crippen LogP contribution in [-0.4, -0.2) is 9.97 Å². The lowest BCUT2D eigenvalue weighted by Gasteiger charge is -1.98. The zero-order valence-corrected chi connectivity index (χ0v) is 7.80. The number of fused-ring (bicyclic) bond motifs is 1. The van der Waals surface area contributed by atoms with Crippen molar-refractivity contribution in [3.63, 3.8) is 0 Å². The van der Waals surface area contributed by atoms with E-state index in [1.165, 1.54) is 0 Å². The Morgan fingerprint density at radius 3 is 2.82 bits per heavy atom. The summed E-state index contributed by atoms with van der Waals surface area (Å²) in [4.78, 5) is 7.92. The fraction of sp³-hybridized carbons (Fsp3) is 0.333. The van der Waals surface area contributed by atoms with Crippen LogP contribution in [0.2, 0.25) is 10.4 Å². The van der Waals surface area contributed by atoms with Crippen molar-refractivity contribution in [1.82, 2.24) is 9.97 Å². The summed E-state index contributed by atoms with van der Waals surface area (Å²) in [6, 6.07) is 0. The van der Waals surface area contributed by atoms with Gasteiger partial charge in [-0.2, -0.15) is 11.8 Å². The number of thioether (sulfide) groups is 1. The van der Waals surface area contributed by atoms with Crippen LogP contribution in [0.25, 0.3) is 0 Å². The third-order valence-electron chi connectivity index (χ3n) is 1.50. The molecular weight excluding hydrogens is 203 g/mol. The van der Waals surface area contributed by atoms with Crippen LogP contribution in [0.4, 0.5) is 0 Å². The quantitative estimate of drug-likeness (QED) is 0.482. The number of nitrogens with zero attached hydrogens (tertiary/aromatic N) is 2. The Morgan fingerprint density at radius 1 is 1.18 bits per heavy atom. The maximum atomic E-state index is 5.83. The van der Waals surface area contributed by atoms with Gasteiger partial charge in [0.2, 0.25) is 5.28 Å². The van der Waals surface area contributed by atoms with E-state index >= 15 is 0 Å². The third kappa shape index (κ3) is 1.33. The highest BCUT2D eigenvalue weighted by molar-refractivity contribution is 7.98. The van der Waals surface area contributed by atoms with Crippen molar-refractivity contribution in [2.45, 2.75) is 11.5 Å². The average molecular weight is 207 g/mol. The van der Waals surface area contributed by atoms with Gasteiger partial charge in [-0.15, -0.1) is 0 Å². The van der Waals surface area contributed by atoms with Crippen LogP contribution in [0.1, 0.15) is 11.3 Å². The molecule has 0 radical (unpaired) electrons. The fourth-order valence-electron chi connectivity index (χ4n) is 0.983. The lowest BCUT2D eigenvalue weighted by molar-refractivity contribution is 1.06. The molecule has 0 aliphatic carbocycles. The first kappa shape index (κ1) is 7.65. The molecule has 2 heterocycles. The summed E-state index contributed by atoms with van der Waals surface area (Å²) in [5.41, 5.74) is 2.03. The van der Waals surface area contributed by atoms with E-state index in [-0.39, 0.29) is 5.28 Å². The number of hydrogen-bond acceptors (Lipinski definition) is 3. The monoisotopic (exact) mass is 206 g/mol. The van der Waals surface area contributed by atoms with E-state index in [4.69, 9.17) is 23.2 Å². The molecule has 0 fully saturated rings. The molecule has 2 nitrogen and oxygen atoms in total. The largest absolute Gasteiger partial charge is 0.224 e. The number of rotatable bonds is 0. The SMILES string of the molecule is Clc1nc(Cl)c2c(n1)CSC2. The summed E-state index contributed by atoms with van der Waals surface area (Å²) in [7, 11) is 0. The number of halogens is 2. The van der Waals surface area contributed by atoms with Gasteiger partial charge in [0, 0.05) is 17.1 Å². The molecular formula is C6H4Cl2N2S. The standard InChI is InChI=1S/C6H4Cl2N2S/c7-5-3-1-11-2-4(3)9-6(8)10-5/h1-2H2. The second kappa shape index (κ2) is 2.81. The number of hydrogen-bond donors (Lipinski definition) is 0. The normalized spacial score (nSPS) is 15.1. The maximum absolute atomic E-state index is 5.83. The predicted octanol–water partition coefficient (Wildman–Crippen LogP) is 2.53. The van der Waals surface area contributed by atoms with E-state index in [1.807, 2.05) is 0 Å². The summed E-state index contributed by atoms with van der Waals surface area (Å²) in [6.45, 7) is 0. The predicted molar refractivity (Wildman–Crippen MR) is 47.1 cm³/mol. The van der Waals surface area contributed by atoms with Crippen molar-refractivity contribution >= 4 is 35.0 Å². The third-order valence-corrected chi connectivity index (χ3v) is 2.95. The Kier molecular flexibility index (Phi) is 1.95. The van der Waals surface area contributed by atoms with Crippen LogP contribution < -0.4 is 0 Å². The maximum Gasteiger partial charge on any atom is 0.224 e. The van der Waals surface area contributed by atoms with Gasteiger partial charge in [-0.1, -0.05) is 11.6 Å². The fourth-order valence-corrected chi connectivity index (χ4v) is 2.59. The molecule has 0 spiro atoms. The van der Waals surface area contributed by atoms with Crippen molar-refractivity contribution in [2.75, 3.05) is 0 Å². The molecule has 11 heavy (non-hydrogen) atoms. The molecule has 0 atom stereocenters. The summed E-state index contributed by atoms with van der Waals surface area (Å²) >= 11 is 13.2. The van der Waals surface area contributed by atoms with E-state index in [0.29, 0.717) is 5.15 Å². The Labute approximate surface area is 78.3 Å². The minimum atomic E-state index is 0.247. The minimum absolute atomic E-state index is 0.247. The summed E-state index contributed by atoms with van der Waals surface area (Å²) < 4.78 is 0. The number of aromatic nitrogens is 2. The Bertz CT molecular complexity index is 303. The van der Waals surface area contributed by atoms with Crippen LogP contribution in [0, 0.1) is 0 Å². The first-order valence-electron chi connectivity index (χ1n) is 3.06. The van der Waals surface area contributed by atoms with Crippen molar-refractivity contribution in [1.29, 1.82) is 0 Å². The van der Waals surface area contributed by atoms with Gasteiger partial charge in [0.1, 0.15) is 5.15 Å². The molecule has 0 amide bonds. The summed E-state index contributed by atoms with van der Waals surface area (Å²) in [6.07, 6.45) is 0. The topological polar surface area (TPSA) is 25.8 Å². The molecule has 0 bridgehead atoms. The lowest BCUT2D eigenvalue weighted by Crippen LogP contribution is -1.93. The molecule has 2 rings (SSSR count). The minimum Gasteiger partial charge on any atom is -0.222 e. The van der Waals surface area contributed by atoms with E-state index in [0.717, 1.165) is 22.8 Å². The first-order chi connectivity index (χ1) is 5.27. The molecule has 0 saturated carbocycles. The second-order valence-corrected chi connectivity index (χ2v) is 3.88. The molecule has 58 valence electrons. The lowest BCUT2D eigenvalue weighted by atomic mass is 10.3. The van der Waals surface area contributed by atoms with Gasteiger partial charge in [0.05, 0.1) is 5.69 Å². The van der Waals surface area contributed by atoms with Crippen LogP contribution in [0.3, 0.4) is 0 Å². The molecule has 5 heteroatoms. The zero-order valence-electron chi connectivity index (χ0n) is 5.47. The van der Waals surface area contributed by atoms with E-state index in [9.17, 15) is 0 Å². The average Bonchev–Trinajstić information content (AvgIpc) is 2.34. The van der Waals surface area contributed by atoms with Gasteiger partial charge < -0.3 is 0 Å². The Morgan fingerprint density at radius 2 is 2.00 bits per heavy atom. The first-order valence-corrected chi connectivity index (χ1v) is 4.97. The van der Waals surface area contributed by atoms with Gasteiger partial charge in [-0.25, -0.2) is 9.97 Å². The van der Waals surface area contributed by atoms with Crippen LogP contribution in [0.5, 0.6) is 0 Å². The highest BCUT2D eigenvalue weighted by atomic mass is 35.5. The van der Waals surface area contributed by atoms with Gasteiger partial charge >= 0.3 is 0 Å². The molecule has 1 aliphatic heterocycles. The van der Waals surface area contributed by atoms with Gasteiger partial charge in [0.25, 0.3) is 0 Å². The Balaban J connectivity index is 2.60. The highest BCUT2D eigenvalue weighted by Crippen LogP contribution is 2.32. The van der Waals surface area contributed by atoms with Crippen molar-refractivity contribution in [3.05, 3.63) is 21.7 Å². The van der Waals surface area contributed by atoms with Gasteiger partial charge in [-0.05, 0) is 11.6 Å². The Hall–Kier alpha value is 0.01000. The van der Waals surface area contributed by atoms with Gasteiger partial charge in [-0.3, -0.25) is 0 Å². The molecule has 1 aromatic heterocycles. The zero-order chi connectivity index (χ0) is 7.84. The molecule has 0 saturated heterocycles. The second-order valence-electron chi connectivity index (χ2n) is 2.20. The van der Waals surface area contributed by atoms with Crippen molar-refractivity contribution in [2.24, 2.45) is 0 Å². The highest BCUT2D eigenvalue weighted by Gasteiger charge is 2.17. The van der Waals surface area contributed by atoms with E-state index in [2.05, 4.69) is 9.97 Å². The smallest absolute Gasteiger partial charge is 0.222 e. The van der Waals surface area contributed by atoms with Crippen molar-refractivity contribution in [3.8, 4) is 0 Å². The van der Waals surface area contributed by atoms with Crippen molar-refractivity contribution < 1.29 is 0 Å². The molecule has 1 aromatic rings. The molecule has 0 unspecified atom stereocenters. The molecule has 0 N–H and O–H groups in total. The molecule has 1 aliphatic rings. The van der Waals surface area contributed by atoms with E-state index in [1.54, 1.807) is 11.8 Å². The summed E-state index contributed by atoms with van der Waals surface area (Å²) in [5.74, 6) is 1.81. The van der Waals surface area contributed by atoms with E-state index < -0.39 is 0 Å². The van der Waals surface area contributed by atoms with Gasteiger partial charge in [0.15, 0.2) is 0 Å². The molecule has 0 aromatic carbocycles. The summed E-state index contributed by atoms with van der Waals surface area (Å²) in [5, 5.41) is 0.751. The van der Waals surface area contributed by atoms with Crippen LogP contribution in [-0.2, 0) is 11.5 Å². The van der Waals surface area contributed by atoms with Crippen LogP contribution >= 0.6 is 35.0 Å². The van der Waals surface area contributed by atoms with Crippen LogP contribution in [0.15, 0.2) is 0 Å².